The Labute approximate surface area is 136 Å². The Morgan fingerprint density at radius 3 is 2.64 bits per heavy atom. The van der Waals surface area contributed by atoms with Gasteiger partial charge in [-0.25, -0.2) is 0 Å². The molecule has 0 aliphatic carbocycles. The molecule has 1 amide bonds. The highest BCUT2D eigenvalue weighted by atomic mass is 32.1. The van der Waals surface area contributed by atoms with Crippen molar-refractivity contribution < 1.29 is 9.53 Å². The molecule has 0 saturated heterocycles. The molecule has 0 fully saturated rings. The third-order valence-electron chi connectivity index (χ3n) is 3.50. The number of hydrogen-bond acceptors (Lipinski definition) is 3. The summed E-state index contributed by atoms with van der Waals surface area (Å²) in [7, 11) is 1.63. The van der Waals surface area contributed by atoms with E-state index in [-0.39, 0.29) is 17.4 Å². The summed E-state index contributed by atoms with van der Waals surface area (Å²) in [6.07, 6.45) is 0.356. The molecule has 3 nitrogen and oxygen atoms in total. The third kappa shape index (κ3) is 4.34. The van der Waals surface area contributed by atoms with Gasteiger partial charge in [0.2, 0.25) is 5.91 Å². The lowest BCUT2D eigenvalue weighted by Crippen LogP contribution is -2.37. The fraction of sp³-hybridized carbons (Fsp3) is 0.389. The van der Waals surface area contributed by atoms with Gasteiger partial charge in [0.15, 0.2) is 0 Å². The normalized spacial score (nSPS) is 12.7. The van der Waals surface area contributed by atoms with Crippen LogP contribution in [0.15, 0.2) is 41.8 Å². The van der Waals surface area contributed by atoms with Gasteiger partial charge in [-0.3, -0.25) is 4.79 Å². The Hall–Kier alpha value is -1.81. The second-order valence-electron chi connectivity index (χ2n) is 6.41. The van der Waals surface area contributed by atoms with Gasteiger partial charge >= 0.3 is 0 Å². The van der Waals surface area contributed by atoms with Crippen LogP contribution in [0.2, 0.25) is 0 Å². The van der Waals surface area contributed by atoms with E-state index in [1.54, 1.807) is 18.4 Å². The summed E-state index contributed by atoms with van der Waals surface area (Å²) in [6.45, 7) is 6.43. The summed E-state index contributed by atoms with van der Waals surface area (Å²) in [6, 6.07) is 11.7. The van der Waals surface area contributed by atoms with E-state index in [0.717, 1.165) is 11.3 Å². The van der Waals surface area contributed by atoms with Gasteiger partial charge in [-0.15, -0.1) is 11.3 Å². The fourth-order valence-electron chi connectivity index (χ4n) is 2.35. The van der Waals surface area contributed by atoms with Crippen LogP contribution in [0.3, 0.4) is 0 Å². The topological polar surface area (TPSA) is 38.3 Å². The molecule has 0 bridgehead atoms. The molecule has 2 rings (SSSR count). The molecule has 2 aromatic rings. The second-order valence-corrected chi connectivity index (χ2v) is 7.39. The maximum atomic E-state index is 12.4. The highest BCUT2D eigenvalue weighted by Crippen LogP contribution is 2.35. The molecule has 1 heterocycles. The van der Waals surface area contributed by atoms with E-state index in [9.17, 15) is 4.79 Å². The Kier molecular flexibility index (Phi) is 5.24. The molecule has 1 N–H and O–H groups in total. The standard InChI is InChI=1S/C18H23NO2S/c1-18(2,3)17(15-9-6-10-22-15)19-16(20)12-13-7-5-8-14(11-13)21-4/h5-11,17H,12H2,1-4H3,(H,19,20)/t17-/m0/s1. The molecule has 118 valence electrons. The van der Waals surface area contributed by atoms with Crippen molar-refractivity contribution in [2.24, 2.45) is 5.41 Å². The zero-order valence-corrected chi connectivity index (χ0v) is 14.4. The number of benzene rings is 1. The highest BCUT2D eigenvalue weighted by Gasteiger charge is 2.28. The molecule has 0 spiro atoms. The number of thiophene rings is 1. The SMILES string of the molecule is COc1cccc(CC(=O)N[C@@H](c2cccs2)C(C)(C)C)c1. The second kappa shape index (κ2) is 6.97. The number of carbonyl (C=O) groups excluding carboxylic acids is 1. The van der Waals surface area contributed by atoms with Crippen LogP contribution in [-0.2, 0) is 11.2 Å². The molecule has 4 heteroatoms. The van der Waals surface area contributed by atoms with Crippen molar-refractivity contribution in [2.75, 3.05) is 7.11 Å². The van der Waals surface area contributed by atoms with Crippen LogP contribution in [0.1, 0.15) is 37.3 Å². The molecule has 0 radical (unpaired) electrons. The average Bonchev–Trinajstić information content (AvgIpc) is 2.97. The van der Waals surface area contributed by atoms with Gasteiger partial charge in [-0.05, 0) is 34.6 Å². The Balaban J connectivity index is 2.08. The van der Waals surface area contributed by atoms with Crippen molar-refractivity contribution in [1.82, 2.24) is 5.32 Å². The smallest absolute Gasteiger partial charge is 0.224 e. The van der Waals surface area contributed by atoms with Crippen molar-refractivity contribution >= 4 is 17.2 Å². The molecule has 1 aromatic carbocycles. The first kappa shape index (κ1) is 16.6. The van der Waals surface area contributed by atoms with Gasteiger partial charge in [-0.2, -0.15) is 0 Å². The summed E-state index contributed by atoms with van der Waals surface area (Å²) in [5, 5.41) is 5.22. The molecule has 22 heavy (non-hydrogen) atoms. The minimum Gasteiger partial charge on any atom is -0.497 e. The maximum absolute atomic E-state index is 12.4. The number of hydrogen-bond donors (Lipinski definition) is 1. The maximum Gasteiger partial charge on any atom is 0.224 e. The van der Waals surface area contributed by atoms with Crippen LogP contribution in [0.25, 0.3) is 0 Å². The predicted octanol–water partition coefficient (Wildman–Crippen LogP) is 4.20. The van der Waals surface area contributed by atoms with Gasteiger partial charge in [0, 0.05) is 4.88 Å². The van der Waals surface area contributed by atoms with Gasteiger partial charge in [0.1, 0.15) is 5.75 Å². The summed E-state index contributed by atoms with van der Waals surface area (Å²) in [4.78, 5) is 13.6. The molecule has 0 unspecified atom stereocenters. The zero-order chi connectivity index (χ0) is 16.2. The summed E-state index contributed by atoms with van der Waals surface area (Å²) < 4.78 is 5.20. The van der Waals surface area contributed by atoms with Crippen LogP contribution in [0.4, 0.5) is 0 Å². The van der Waals surface area contributed by atoms with E-state index in [4.69, 9.17) is 4.74 Å². The Morgan fingerprint density at radius 2 is 2.05 bits per heavy atom. The Bertz CT molecular complexity index is 614. The lowest BCUT2D eigenvalue weighted by atomic mass is 9.85. The van der Waals surface area contributed by atoms with Crippen molar-refractivity contribution in [2.45, 2.75) is 33.2 Å². The average molecular weight is 317 g/mol. The zero-order valence-electron chi connectivity index (χ0n) is 13.6. The number of methoxy groups -OCH3 is 1. The minimum atomic E-state index is -0.0328. The van der Waals surface area contributed by atoms with Crippen molar-refractivity contribution in [1.29, 1.82) is 0 Å². The summed E-state index contributed by atoms with van der Waals surface area (Å²) in [5.41, 5.74) is 0.921. The predicted molar refractivity (Wildman–Crippen MR) is 91.4 cm³/mol. The van der Waals surface area contributed by atoms with Crippen LogP contribution in [0, 0.1) is 5.41 Å². The molecule has 1 atom stereocenters. The third-order valence-corrected chi connectivity index (χ3v) is 4.44. The number of ether oxygens (including phenoxy) is 1. The number of amides is 1. The van der Waals surface area contributed by atoms with E-state index < -0.39 is 0 Å². The Morgan fingerprint density at radius 1 is 1.27 bits per heavy atom. The molecule has 1 aromatic heterocycles. The minimum absolute atomic E-state index is 0.0191. The largest absolute Gasteiger partial charge is 0.497 e. The first-order valence-corrected chi connectivity index (χ1v) is 8.24. The van der Waals surface area contributed by atoms with Gasteiger partial charge in [0.25, 0.3) is 0 Å². The van der Waals surface area contributed by atoms with E-state index in [0.29, 0.717) is 6.42 Å². The van der Waals surface area contributed by atoms with E-state index in [1.807, 2.05) is 35.7 Å². The first-order valence-electron chi connectivity index (χ1n) is 7.36. The molecule has 0 aliphatic heterocycles. The van der Waals surface area contributed by atoms with Gasteiger partial charge in [-0.1, -0.05) is 39.0 Å². The van der Waals surface area contributed by atoms with Crippen LogP contribution in [-0.4, -0.2) is 13.0 Å². The molecular formula is C18H23NO2S. The number of nitrogens with one attached hydrogen (secondary N) is 1. The lowest BCUT2D eigenvalue weighted by Gasteiger charge is -2.30. The first-order chi connectivity index (χ1) is 10.4. The molecule has 0 saturated carbocycles. The van der Waals surface area contributed by atoms with Gasteiger partial charge < -0.3 is 10.1 Å². The van der Waals surface area contributed by atoms with Crippen molar-refractivity contribution in [3.8, 4) is 5.75 Å². The number of rotatable bonds is 5. The molecular weight excluding hydrogens is 294 g/mol. The molecule has 0 aliphatic rings. The van der Waals surface area contributed by atoms with E-state index in [1.165, 1.54) is 4.88 Å². The quantitative estimate of drug-likeness (QED) is 0.897. The van der Waals surface area contributed by atoms with E-state index in [2.05, 4.69) is 32.2 Å². The summed E-state index contributed by atoms with van der Waals surface area (Å²) in [5.74, 6) is 0.803. The van der Waals surface area contributed by atoms with E-state index >= 15 is 0 Å². The lowest BCUT2D eigenvalue weighted by molar-refractivity contribution is -0.121. The van der Waals surface area contributed by atoms with Crippen LogP contribution < -0.4 is 10.1 Å². The van der Waals surface area contributed by atoms with Crippen LogP contribution in [0.5, 0.6) is 5.75 Å². The number of carbonyl (C=O) groups is 1. The van der Waals surface area contributed by atoms with Crippen molar-refractivity contribution in [3.63, 3.8) is 0 Å². The summed E-state index contributed by atoms with van der Waals surface area (Å²) >= 11 is 1.68. The monoisotopic (exact) mass is 317 g/mol. The highest BCUT2D eigenvalue weighted by molar-refractivity contribution is 7.10. The van der Waals surface area contributed by atoms with Gasteiger partial charge in [0.05, 0.1) is 19.6 Å². The van der Waals surface area contributed by atoms with Crippen molar-refractivity contribution in [3.05, 3.63) is 52.2 Å². The fourth-order valence-corrected chi connectivity index (χ4v) is 3.37. The van der Waals surface area contributed by atoms with Crippen LogP contribution >= 0.6 is 11.3 Å².